The molecule has 0 saturated heterocycles. The zero-order valence-electron chi connectivity index (χ0n) is 13.2. The van der Waals surface area contributed by atoms with Crippen LogP contribution >= 0.6 is 23.1 Å². The fraction of sp³-hybridized carbons (Fsp3) is 0.375. The lowest BCUT2D eigenvalue weighted by atomic mass is 10.2. The number of nitrogens with one attached hydrogen (secondary N) is 2. The normalized spacial score (nSPS) is 13.5. The van der Waals surface area contributed by atoms with Gasteiger partial charge in [0, 0.05) is 17.5 Å². The maximum atomic E-state index is 12.2. The van der Waals surface area contributed by atoms with E-state index in [0.717, 1.165) is 29.1 Å². The lowest BCUT2D eigenvalue weighted by molar-refractivity contribution is -0.118. The quantitative estimate of drug-likeness (QED) is 0.791. The molecule has 8 heteroatoms. The predicted octanol–water partition coefficient (Wildman–Crippen LogP) is 2.61. The second-order valence-electron chi connectivity index (χ2n) is 5.60. The van der Waals surface area contributed by atoms with Crippen LogP contribution in [0.4, 0.5) is 5.69 Å². The molecule has 0 spiro atoms. The van der Waals surface area contributed by atoms with Gasteiger partial charge in [-0.25, -0.2) is 0 Å². The van der Waals surface area contributed by atoms with E-state index in [-0.39, 0.29) is 11.8 Å². The number of thioether (sulfide) groups is 1. The van der Waals surface area contributed by atoms with Gasteiger partial charge in [-0.05, 0) is 31.4 Å². The van der Waals surface area contributed by atoms with Crippen LogP contribution in [0.15, 0.2) is 24.3 Å². The van der Waals surface area contributed by atoms with Crippen molar-refractivity contribution in [3.05, 3.63) is 39.8 Å². The van der Waals surface area contributed by atoms with Crippen molar-refractivity contribution in [2.75, 3.05) is 11.1 Å². The number of benzene rings is 1. The standard InChI is InChI=1S/C16H18N4O2S2/c1-10-4-2-3-5-12(10)18-15(22)16-20-19-14(24-16)9-23-8-13(21)17-11-6-7-11/h2-5,11H,6-9H2,1H3,(H,17,21)(H,18,22). The molecule has 126 valence electrons. The molecular formula is C16H18N4O2S2. The number of amides is 2. The summed E-state index contributed by atoms with van der Waals surface area (Å²) in [6, 6.07) is 7.96. The smallest absolute Gasteiger partial charge is 0.286 e. The molecule has 2 aromatic rings. The molecule has 0 unspecified atom stereocenters. The molecule has 1 aromatic heterocycles. The van der Waals surface area contributed by atoms with Crippen molar-refractivity contribution < 1.29 is 9.59 Å². The summed E-state index contributed by atoms with van der Waals surface area (Å²) in [5, 5.41) is 14.8. The van der Waals surface area contributed by atoms with Crippen molar-refractivity contribution in [3.8, 4) is 0 Å². The van der Waals surface area contributed by atoms with Crippen molar-refractivity contribution in [2.45, 2.75) is 31.6 Å². The first-order valence-corrected chi connectivity index (χ1v) is 9.65. The fourth-order valence-electron chi connectivity index (χ4n) is 2.02. The van der Waals surface area contributed by atoms with Gasteiger partial charge in [-0.2, -0.15) is 0 Å². The van der Waals surface area contributed by atoms with E-state index in [0.29, 0.717) is 22.6 Å². The number of aromatic nitrogens is 2. The Hall–Kier alpha value is -1.93. The number of nitrogens with zero attached hydrogens (tertiary/aromatic N) is 2. The highest BCUT2D eigenvalue weighted by molar-refractivity contribution is 7.99. The van der Waals surface area contributed by atoms with Crippen molar-refractivity contribution in [1.82, 2.24) is 15.5 Å². The summed E-state index contributed by atoms with van der Waals surface area (Å²) < 4.78 is 0. The van der Waals surface area contributed by atoms with E-state index >= 15 is 0 Å². The molecular weight excluding hydrogens is 344 g/mol. The summed E-state index contributed by atoms with van der Waals surface area (Å²) in [6.45, 7) is 1.93. The molecule has 24 heavy (non-hydrogen) atoms. The monoisotopic (exact) mass is 362 g/mol. The lowest BCUT2D eigenvalue weighted by Gasteiger charge is -2.05. The fourth-order valence-corrected chi connectivity index (χ4v) is 3.64. The van der Waals surface area contributed by atoms with E-state index < -0.39 is 0 Å². The zero-order chi connectivity index (χ0) is 16.9. The Morgan fingerprint density at radius 1 is 1.29 bits per heavy atom. The number of carbonyl (C=O) groups is 2. The third-order valence-corrected chi connectivity index (χ3v) is 5.50. The van der Waals surface area contributed by atoms with Crippen LogP contribution in [0.25, 0.3) is 0 Å². The highest BCUT2D eigenvalue weighted by Gasteiger charge is 2.23. The van der Waals surface area contributed by atoms with Crippen LogP contribution in [-0.4, -0.2) is 33.8 Å². The van der Waals surface area contributed by atoms with Gasteiger partial charge in [-0.3, -0.25) is 9.59 Å². The maximum Gasteiger partial charge on any atom is 0.286 e. The van der Waals surface area contributed by atoms with Crippen molar-refractivity contribution in [2.24, 2.45) is 0 Å². The van der Waals surface area contributed by atoms with Crippen LogP contribution in [0.5, 0.6) is 0 Å². The zero-order valence-corrected chi connectivity index (χ0v) is 14.9. The molecule has 1 aliphatic carbocycles. The summed E-state index contributed by atoms with van der Waals surface area (Å²) in [7, 11) is 0. The number of anilines is 1. The van der Waals surface area contributed by atoms with Gasteiger partial charge in [0.05, 0.1) is 5.75 Å². The summed E-state index contributed by atoms with van der Waals surface area (Å²) >= 11 is 2.74. The molecule has 0 radical (unpaired) electrons. The Morgan fingerprint density at radius 2 is 2.08 bits per heavy atom. The Bertz CT molecular complexity index is 743. The van der Waals surface area contributed by atoms with Crippen LogP contribution in [0.2, 0.25) is 0 Å². The Labute approximate surface area is 148 Å². The van der Waals surface area contributed by atoms with Gasteiger partial charge in [0.15, 0.2) is 0 Å². The van der Waals surface area contributed by atoms with Crippen LogP contribution in [-0.2, 0) is 10.5 Å². The predicted molar refractivity (Wildman–Crippen MR) is 96.4 cm³/mol. The first-order chi connectivity index (χ1) is 11.6. The molecule has 2 amide bonds. The minimum absolute atomic E-state index is 0.0598. The summed E-state index contributed by atoms with van der Waals surface area (Å²) in [5.74, 6) is 0.780. The third-order valence-electron chi connectivity index (χ3n) is 3.46. The molecule has 1 aliphatic rings. The lowest BCUT2D eigenvalue weighted by Crippen LogP contribution is -2.27. The molecule has 1 fully saturated rings. The van der Waals surface area contributed by atoms with Crippen LogP contribution in [0, 0.1) is 6.92 Å². The average Bonchev–Trinajstić information content (AvgIpc) is 3.23. The number of rotatable bonds is 7. The molecule has 3 rings (SSSR count). The minimum Gasteiger partial charge on any atom is -0.353 e. The van der Waals surface area contributed by atoms with E-state index in [4.69, 9.17) is 0 Å². The maximum absolute atomic E-state index is 12.2. The van der Waals surface area contributed by atoms with E-state index in [1.54, 1.807) is 0 Å². The van der Waals surface area contributed by atoms with Gasteiger partial charge >= 0.3 is 0 Å². The second-order valence-corrected chi connectivity index (χ2v) is 7.65. The molecule has 0 atom stereocenters. The molecule has 6 nitrogen and oxygen atoms in total. The second kappa shape index (κ2) is 7.76. The van der Waals surface area contributed by atoms with E-state index in [1.165, 1.54) is 23.1 Å². The number of hydrogen-bond acceptors (Lipinski definition) is 6. The largest absolute Gasteiger partial charge is 0.353 e. The highest BCUT2D eigenvalue weighted by Crippen LogP contribution is 2.21. The number of para-hydroxylation sites is 1. The molecule has 1 heterocycles. The summed E-state index contributed by atoms with van der Waals surface area (Å²) in [6.07, 6.45) is 2.18. The third kappa shape index (κ3) is 4.78. The van der Waals surface area contributed by atoms with Crippen molar-refractivity contribution in [1.29, 1.82) is 0 Å². The Kier molecular flexibility index (Phi) is 5.47. The first-order valence-electron chi connectivity index (χ1n) is 7.68. The minimum atomic E-state index is -0.260. The molecule has 0 bridgehead atoms. The van der Waals surface area contributed by atoms with E-state index in [1.807, 2.05) is 31.2 Å². The van der Waals surface area contributed by atoms with E-state index in [9.17, 15) is 9.59 Å². The van der Waals surface area contributed by atoms with Crippen LogP contribution in [0.1, 0.15) is 33.2 Å². The average molecular weight is 362 g/mol. The number of aryl methyl sites for hydroxylation is 1. The van der Waals surface area contributed by atoms with Gasteiger partial charge in [-0.1, -0.05) is 29.5 Å². The van der Waals surface area contributed by atoms with Gasteiger partial charge in [0.2, 0.25) is 10.9 Å². The SMILES string of the molecule is Cc1ccccc1NC(=O)c1nnc(CSCC(=O)NC2CC2)s1. The number of hydrogen-bond donors (Lipinski definition) is 2. The summed E-state index contributed by atoms with van der Waals surface area (Å²) in [5.41, 5.74) is 1.76. The topological polar surface area (TPSA) is 84.0 Å². The van der Waals surface area contributed by atoms with Crippen LogP contribution < -0.4 is 10.6 Å². The Morgan fingerprint density at radius 3 is 2.83 bits per heavy atom. The van der Waals surface area contributed by atoms with Gasteiger partial charge in [0.1, 0.15) is 5.01 Å². The molecule has 2 N–H and O–H groups in total. The number of carbonyl (C=O) groups excluding carboxylic acids is 2. The van der Waals surface area contributed by atoms with Crippen molar-refractivity contribution in [3.63, 3.8) is 0 Å². The van der Waals surface area contributed by atoms with Gasteiger partial charge in [-0.15, -0.1) is 22.0 Å². The van der Waals surface area contributed by atoms with Crippen LogP contribution in [0.3, 0.4) is 0 Å². The molecule has 1 saturated carbocycles. The van der Waals surface area contributed by atoms with E-state index in [2.05, 4.69) is 20.8 Å². The van der Waals surface area contributed by atoms with Crippen molar-refractivity contribution >= 4 is 40.6 Å². The highest BCUT2D eigenvalue weighted by atomic mass is 32.2. The molecule has 1 aromatic carbocycles. The van der Waals surface area contributed by atoms with Gasteiger partial charge < -0.3 is 10.6 Å². The van der Waals surface area contributed by atoms with Gasteiger partial charge in [0.25, 0.3) is 5.91 Å². The Balaban J connectivity index is 1.48. The molecule has 0 aliphatic heterocycles. The summed E-state index contributed by atoms with van der Waals surface area (Å²) in [4.78, 5) is 23.8. The first kappa shape index (κ1) is 16.9.